The summed E-state index contributed by atoms with van der Waals surface area (Å²) >= 11 is 5.19. The first-order chi connectivity index (χ1) is 6.93. The summed E-state index contributed by atoms with van der Waals surface area (Å²) in [4.78, 5) is 8.47. The fraction of sp³-hybridized carbons (Fsp3) is 0.600. The van der Waals surface area contributed by atoms with Gasteiger partial charge in [0.25, 0.3) is 0 Å². The van der Waals surface area contributed by atoms with E-state index < -0.39 is 0 Å². The van der Waals surface area contributed by atoms with Gasteiger partial charge in [0.15, 0.2) is 0 Å². The molecule has 0 aliphatic heterocycles. The number of nitrogens with zero attached hydrogens (tertiary/aromatic N) is 2. The van der Waals surface area contributed by atoms with Gasteiger partial charge in [-0.2, -0.15) is 11.8 Å². The number of rotatable bonds is 4. The van der Waals surface area contributed by atoms with E-state index in [1.54, 1.807) is 0 Å². The largest absolute Gasteiger partial charge is 0.369 e. The summed E-state index contributed by atoms with van der Waals surface area (Å²) in [6, 6.07) is 1.89. The fourth-order valence-corrected chi connectivity index (χ4v) is 1.69. The van der Waals surface area contributed by atoms with Crippen molar-refractivity contribution in [2.45, 2.75) is 25.5 Å². The molecule has 0 saturated carbocycles. The van der Waals surface area contributed by atoms with Gasteiger partial charge in [-0.05, 0) is 43.0 Å². The van der Waals surface area contributed by atoms with Gasteiger partial charge in [-0.3, -0.25) is 0 Å². The Bertz CT molecular complexity index is 321. The van der Waals surface area contributed by atoms with Gasteiger partial charge < -0.3 is 5.32 Å². The summed E-state index contributed by atoms with van der Waals surface area (Å²) in [6.07, 6.45) is 2.11. The third-order valence-corrected chi connectivity index (χ3v) is 3.71. The average Bonchev–Trinajstić information content (AvgIpc) is 2.14. The van der Waals surface area contributed by atoms with Crippen molar-refractivity contribution < 1.29 is 0 Å². The molecule has 0 aliphatic rings. The Kier molecular flexibility index (Phi) is 4.40. The van der Waals surface area contributed by atoms with Gasteiger partial charge in [-0.15, -0.1) is 0 Å². The topological polar surface area (TPSA) is 37.8 Å². The second-order valence-electron chi connectivity index (χ2n) is 3.94. The normalized spacial score (nSPS) is 11.5. The Hall–Kier alpha value is -0.290. The van der Waals surface area contributed by atoms with E-state index in [4.69, 9.17) is 0 Å². The zero-order chi connectivity index (χ0) is 11.5. The number of hydrogen-bond donors (Lipinski definition) is 1. The second-order valence-corrected chi connectivity index (χ2v) is 6.27. The molecule has 5 heteroatoms. The summed E-state index contributed by atoms with van der Waals surface area (Å²) in [7, 11) is 0. The Morgan fingerprint density at radius 3 is 2.67 bits per heavy atom. The van der Waals surface area contributed by atoms with Gasteiger partial charge in [0, 0.05) is 17.4 Å². The Morgan fingerprint density at radius 2 is 2.13 bits per heavy atom. The van der Waals surface area contributed by atoms with Gasteiger partial charge >= 0.3 is 0 Å². The Balaban J connectivity index is 2.65. The van der Waals surface area contributed by atoms with Crippen molar-refractivity contribution in [3.8, 4) is 0 Å². The molecule has 0 saturated heterocycles. The summed E-state index contributed by atoms with van der Waals surface area (Å²) in [5.41, 5.74) is 0. The lowest BCUT2D eigenvalue weighted by Crippen LogP contribution is -2.26. The predicted molar refractivity (Wildman–Crippen MR) is 70.6 cm³/mol. The molecule has 84 valence electrons. The fourth-order valence-electron chi connectivity index (χ4n) is 0.997. The number of aryl methyl sites for hydroxylation is 1. The highest BCUT2D eigenvalue weighted by atomic mass is 79.9. The van der Waals surface area contributed by atoms with Crippen LogP contribution in [0.1, 0.15) is 19.7 Å². The van der Waals surface area contributed by atoms with Crippen molar-refractivity contribution in [2.24, 2.45) is 0 Å². The highest BCUT2D eigenvalue weighted by molar-refractivity contribution is 9.10. The van der Waals surface area contributed by atoms with Crippen molar-refractivity contribution in [2.75, 3.05) is 18.1 Å². The van der Waals surface area contributed by atoms with Crippen LogP contribution in [0.3, 0.4) is 0 Å². The molecule has 1 N–H and O–H groups in total. The van der Waals surface area contributed by atoms with Gasteiger partial charge in [0.05, 0.1) is 0 Å². The minimum absolute atomic E-state index is 0.214. The molecule has 0 bridgehead atoms. The quantitative estimate of drug-likeness (QED) is 0.865. The van der Waals surface area contributed by atoms with Gasteiger partial charge in [-0.25, -0.2) is 9.97 Å². The molecule has 0 atom stereocenters. The summed E-state index contributed by atoms with van der Waals surface area (Å²) < 4.78 is 1.03. The summed E-state index contributed by atoms with van der Waals surface area (Å²) in [6.45, 7) is 7.17. The van der Waals surface area contributed by atoms with E-state index in [2.05, 4.69) is 51.3 Å². The van der Waals surface area contributed by atoms with Crippen molar-refractivity contribution in [3.63, 3.8) is 0 Å². The molecule has 0 spiro atoms. The summed E-state index contributed by atoms with van der Waals surface area (Å²) in [5.74, 6) is 1.64. The SMILES string of the molecule is CSC(C)(C)CNc1cc(Br)nc(C)n1. The number of halogens is 1. The van der Waals surface area contributed by atoms with Crippen molar-refractivity contribution in [1.29, 1.82) is 0 Å². The lowest BCUT2D eigenvalue weighted by atomic mass is 10.2. The maximum absolute atomic E-state index is 4.31. The van der Waals surface area contributed by atoms with E-state index in [9.17, 15) is 0 Å². The third-order valence-electron chi connectivity index (χ3n) is 2.05. The minimum atomic E-state index is 0.214. The molecule has 1 aromatic rings. The number of aromatic nitrogens is 2. The van der Waals surface area contributed by atoms with Crippen molar-refractivity contribution in [3.05, 3.63) is 16.5 Å². The first-order valence-electron chi connectivity index (χ1n) is 4.73. The van der Waals surface area contributed by atoms with E-state index in [0.717, 1.165) is 22.8 Å². The van der Waals surface area contributed by atoms with Crippen LogP contribution in [0.25, 0.3) is 0 Å². The highest BCUT2D eigenvalue weighted by Gasteiger charge is 2.15. The predicted octanol–water partition coefficient (Wildman–Crippen LogP) is 3.10. The number of thioether (sulfide) groups is 1. The molecule has 15 heavy (non-hydrogen) atoms. The number of hydrogen-bond acceptors (Lipinski definition) is 4. The zero-order valence-corrected chi connectivity index (χ0v) is 11.9. The standard InChI is InChI=1S/C10H16BrN3S/c1-7-13-8(11)5-9(14-7)12-6-10(2,3)15-4/h5H,6H2,1-4H3,(H,12,13,14). The van der Waals surface area contributed by atoms with E-state index in [0.29, 0.717) is 0 Å². The van der Waals surface area contributed by atoms with Crippen LogP contribution in [-0.2, 0) is 0 Å². The summed E-state index contributed by atoms with van der Waals surface area (Å²) in [5, 5.41) is 3.32. The highest BCUT2D eigenvalue weighted by Crippen LogP contribution is 2.21. The van der Waals surface area contributed by atoms with Gasteiger partial charge in [0.1, 0.15) is 16.2 Å². The van der Waals surface area contributed by atoms with Crippen LogP contribution in [0.4, 0.5) is 5.82 Å². The molecule has 0 fully saturated rings. The van der Waals surface area contributed by atoms with Gasteiger partial charge in [0.2, 0.25) is 0 Å². The Morgan fingerprint density at radius 1 is 1.47 bits per heavy atom. The molecule has 0 aromatic carbocycles. The number of nitrogens with one attached hydrogen (secondary N) is 1. The first-order valence-corrected chi connectivity index (χ1v) is 6.75. The monoisotopic (exact) mass is 289 g/mol. The lowest BCUT2D eigenvalue weighted by molar-refractivity contribution is 0.749. The van der Waals surface area contributed by atoms with Crippen LogP contribution in [0.15, 0.2) is 10.7 Å². The molecular formula is C10H16BrN3S. The van der Waals surface area contributed by atoms with E-state index in [1.807, 2.05) is 24.8 Å². The third kappa shape index (κ3) is 4.38. The second kappa shape index (κ2) is 5.16. The maximum atomic E-state index is 4.31. The zero-order valence-electron chi connectivity index (χ0n) is 9.47. The molecule has 1 aromatic heterocycles. The molecule has 1 heterocycles. The van der Waals surface area contributed by atoms with Crippen LogP contribution in [0.2, 0.25) is 0 Å². The molecule has 0 aliphatic carbocycles. The van der Waals surface area contributed by atoms with Crippen LogP contribution in [0, 0.1) is 6.92 Å². The molecule has 0 amide bonds. The molecular weight excluding hydrogens is 274 g/mol. The van der Waals surface area contributed by atoms with Crippen LogP contribution < -0.4 is 5.32 Å². The molecule has 0 radical (unpaired) electrons. The number of anilines is 1. The van der Waals surface area contributed by atoms with Gasteiger partial charge in [-0.1, -0.05) is 0 Å². The van der Waals surface area contributed by atoms with E-state index in [-0.39, 0.29) is 4.75 Å². The molecule has 0 unspecified atom stereocenters. The maximum Gasteiger partial charge on any atom is 0.130 e. The minimum Gasteiger partial charge on any atom is -0.369 e. The lowest BCUT2D eigenvalue weighted by Gasteiger charge is -2.22. The van der Waals surface area contributed by atoms with E-state index in [1.165, 1.54) is 0 Å². The van der Waals surface area contributed by atoms with Crippen LogP contribution >= 0.6 is 27.7 Å². The average molecular weight is 290 g/mol. The Labute approximate surface area is 104 Å². The van der Waals surface area contributed by atoms with E-state index >= 15 is 0 Å². The smallest absolute Gasteiger partial charge is 0.130 e. The van der Waals surface area contributed by atoms with Crippen LogP contribution in [0.5, 0.6) is 0 Å². The van der Waals surface area contributed by atoms with Crippen LogP contribution in [-0.4, -0.2) is 27.5 Å². The van der Waals surface area contributed by atoms with Crippen molar-refractivity contribution >= 4 is 33.5 Å². The molecule has 3 nitrogen and oxygen atoms in total. The van der Waals surface area contributed by atoms with Crippen molar-refractivity contribution in [1.82, 2.24) is 9.97 Å². The first kappa shape index (κ1) is 12.8. The molecule has 1 rings (SSSR count).